The molecule has 0 bridgehead atoms. The molecule has 0 fully saturated rings. The second-order valence-electron chi connectivity index (χ2n) is 4.97. The third-order valence-electron chi connectivity index (χ3n) is 3.27. The van der Waals surface area contributed by atoms with E-state index in [0.717, 1.165) is 6.42 Å². The molecular formula is C15H20N4O. The number of rotatable bonds is 4. The van der Waals surface area contributed by atoms with Gasteiger partial charge in [0.2, 0.25) is 0 Å². The molecule has 0 radical (unpaired) electrons. The Kier molecular flexibility index (Phi) is 4.08. The van der Waals surface area contributed by atoms with Gasteiger partial charge in [-0.3, -0.25) is 9.48 Å². The van der Waals surface area contributed by atoms with Crippen molar-refractivity contribution in [2.45, 2.75) is 20.3 Å². The summed E-state index contributed by atoms with van der Waals surface area (Å²) in [6.07, 6.45) is 0.796. The van der Waals surface area contributed by atoms with E-state index in [4.69, 9.17) is 5.73 Å². The van der Waals surface area contributed by atoms with Gasteiger partial charge in [0.15, 0.2) is 0 Å². The van der Waals surface area contributed by atoms with E-state index in [1.54, 1.807) is 14.0 Å². The van der Waals surface area contributed by atoms with Gasteiger partial charge in [-0.15, -0.1) is 0 Å². The van der Waals surface area contributed by atoms with Crippen LogP contribution < -0.4 is 11.1 Å². The predicted molar refractivity (Wildman–Crippen MR) is 79.6 cm³/mol. The molecular weight excluding hydrogens is 252 g/mol. The smallest absolute Gasteiger partial charge is 0.271 e. The number of benzene rings is 1. The molecule has 0 aliphatic heterocycles. The number of carbonyl (C=O) groups is 1. The van der Waals surface area contributed by atoms with E-state index in [0.29, 0.717) is 23.6 Å². The SMILES string of the molecule is Cc1cccc(CCNC(=O)c2c(N)c(C)nn2C)c1. The normalized spacial score (nSPS) is 10.6. The van der Waals surface area contributed by atoms with Crippen LogP contribution in [0.5, 0.6) is 0 Å². The van der Waals surface area contributed by atoms with E-state index in [1.165, 1.54) is 15.8 Å². The molecule has 0 saturated heterocycles. The minimum absolute atomic E-state index is 0.182. The summed E-state index contributed by atoms with van der Waals surface area (Å²) in [5.74, 6) is -0.182. The first-order valence-electron chi connectivity index (χ1n) is 6.62. The lowest BCUT2D eigenvalue weighted by Crippen LogP contribution is -2.28. The summed E-state index contributed by atoms with van der Waals surface area (Å²) < 4.78 is 1.52. The first-order chi connectivity index (χ1) is 9.49. The summed E-state index contributed by atoms with van der Waals surface area (Å²) >= 11 is 0. The number of nitrogens with zero attached hydrogens (tertiary/aromatic N) is 2. The second-order valence-corrected chi connectivity index (χ2v) is 4.97. The number of amides is 1. The van der Waals surface area contributed by atoms with E-state index in [2.05, 4.69) is 35.5 Å². The molecule has 0 atom stereocenters. The predicted octanol–water partition coefficient (Wildman–Crippen LogP) is 1.59. The Bertz CT molecular complexity index is 631. The van der Waals surface area contributed by atoms with Crippen molar-refractivity contribution in [1.82, 2.24) is 15.1 Å². The van der Waals surface area contributed by atoms with Crippen molar-refractivity contribution in [2.24, 2.45) is 7.05 Å². The largest absolute Gasteiger partial charge is 0.395 e. The van der Waals surface area contributed by atoms with Crippen molar-refractivity contribution in [3.05, 3.63) is 46.8 Å². The number of anilines is 1. The Balaban J connectivity index is 1.96. The molecule has 3 N–H and O–H groups in total. The van der Waals surface area contributed by atoms with E-state index < -0.39 is 0 Å². The van der Waals surface area contributed by atoms with Gasteiger partial charge < -0.3 is 11.1 Å². The Hall–Kier alpha value is -2.30. The highest BCUT2D eigenvalue weighted by atomic mass is 16.2. The van der Waals surface area contributed by atoms with E-state index in [1.807, 2.05) is 6.07 Å². The van der Waals surface area contributed by atoms with E-state index in [-0.39, 0.29) is 5.91 Å². The third-order valence-corrected chi connectivity index (χ3v) is 3.27. The lowest BCUT2D eigenvalue weighted by molar-refractivity contribution is 0.0945. The standard InChI is InChI=1S/C15H20N4O/c1-10-5-4-6-12(9-10)7-8-17-15(20)14-13(16)11(2)18-19(14)3/h4-6,9H,7-8,16H2,1-3H3,(H,17,20). The number of aryl methyl sites for hydroxylation is 3. The average Bonchev–Trinajstić information content (AvgIpc) is 2.63. The molecule has 106 valence electrons. The van der Waals surface area contributed by atoms with Crippen molar-refractivity contribution >= 4 is 11.6 Å². The minimum atomic E-state index is -0.182. The molecule has 0 aliphatic carbocycles. The first-order valence-corrected chi connectivity index (χ1v) is 6.62. The molecule has 1 aromatic carbocycles. The quantitative estimate of drug-likeness (QED) is 0.887. The molecule has 0 spiro atoms. The van der Waals surface area contributed by atoms with Gasteiger partial charge in [-0.05, 0) is 25.8 Å². The van der Waals surface area contributed by atoms with Crippen LogP contribution in [0, 0.1) is 13.8 Å². The molecule has 5 heteroatoms. The van der Waals surface area contributed by atoms with Crippen LogP contribution in [-0.2, 0) is 13.5 Å². The van der Waals surface area contributed by atoms with Crippen molar-refractivity contribution in [3.8, 4) is 0 Å². The highest BCUT2D eigenvalue weighted by Gasteiger charge is 2.17. The lowest BCUT2D eigenvalue weighted by atomic mass is 10.1. The molecule has 0 saturated carbocycles. The highest BCUT2D eigenvalue weighted by molar-refractivity contribution is 5.97. The fraction of sp³-hybridized carbons (Fsp3) is 0.333. The minimum Gasteiger partial charge on any atom is -0.395 e. The van der Waals surface area contributed by atoms with Crippen LogP contribution in [-0.4, -0.2) is 22.2 Å². The number of carbonyl (C=O) groups excluding carboxylic acids is 1. The molecule has 5 nitrogen and oxygen atoms in total. The van der Waals surface area contributed by atoms with Crippen LogP contribution in [0.4, 0.5) is 5.69 Å². The molecule has 2 rings (SSSR count). The van der Waals surface area contributed by atoms with Crippen molar-refractivity contribution in [2.75, 3.05) is 12.3 Å². The van der Waals surface area contributed by atoms with Gasteiger partial charge in [0.05, 0.1) is 11.4 Å². The maximum atomic E-state index is 12.1. The van der Waals surface area contributed by atoms with Gasteiger partial charge in [0.25, 0.3) is 5.91 Å². The van der Waals surface area contributed by atoms with Gasteiger partial charge in [-0.25, -0.2) is 0 Å². The Morgan fingerprint density at radius 3 is 2.75 bits per heavy atom. The monoisotopic (exact) mass is 272 g/mol. The summed E-state index contributed by atoms with van der Waals surface area (Å²) in [7, 11) is 1.72. The van der Waals surface area contributed by atoms with Crippen molar-refractivity contribution in [3.63, 3.8) is 0 Å². The van der Waals surface area contributed by atoms with Gasteiger partial charge >= 0.3 is 0 Å². The first kappa shape index (κ1) is 14.1. The summed E-state index contributed by atoms with van der Waals surface area (Å²) in [4.78, 5) is 12.1. The maximum absolute atomic E-state index is 12.1. The molecule has 1 amide bonds. The molecule has 1 aromatic heterocycles. The summed E-state index contributed by atoms with van der Waals surface area (Å²) in [6.45, 7) is 4.42. The fourth-order valence-electron chi connectivity index (χ4n) is 2.22. The molecule has 0 unspecified atom stereocenters. The zero-order chi connectivity index (χ0) is 14.7. The van der Waals surface area contributed by atoms with Crippen molar-refractivity contribution in [1.29, 1.82) is 0 Å². The Labute approximate surface area is 118 Å². The van der Waals surface area contributed by atoms with Gasteiger partial charge in [0.1, 0.15) is 5.69 Å². The third kappa shape index (κ3) is 2.99. The maximum Gasteiger partial charge on any atom is 0.271 e. The average molecular weight is 272 g/mol. The fourth-order valence-corrected chi connectivity index (χ4v) is 2.22. The van der Waals surface area contributed by atoms with Crippen LogP contribution in [0.3, 0.4) is 0 Å². The molecule has 0 aliphatic rings. The lowest BCUT2D eigenvalue weighted by Gasteiger charge is -2.07. The van der Waals surface area contributed by atoms with Crippen LogP contribution in [0.15, 0.2) is 24.3 Å². The van der Waals surface area contributed by atoms with Crippen LogP contribution in [0.2, 0.25) is 0 Å². The topological polar surface area (TPSA) is 72.9 Å². The summed E-state index contributed by atoms with van der Waals surface area (Å²) in [5.41, 5.74) is 9.84. The second kappa shape index (κ2) is 5.77. The summed E-state index contributed by atoms with van der Waals surface area (Å²) in [5, 5.41) is 7.02. The number of hydrogen-bond acceptors (Lipinski definition) is 3. The van der Waals surface area contributed by atoms with Crippen LogP contribution in [0.25, 0.3) is 0 Å². The van der Waals surface area contributed by atoms with Gasteiger partial charge in [-0.1, -0.05) is 29.8 Å². The number of nitrogens with one attached hydrogen (secondary N) is 1. The molecule has 20 heavy (non-hydrogen) atoms. The Morgan fingerprint density at radius 2 is 2.15 bits per heavy atom. The number of hydrogen-bond donors (Lipinski definition) is 2. The Morgan fingerprint density at radius 1 is 1.40 bits per heavy atom. The summed E-state index contributed by atoms with van der Waals surface area (Å²) in [6, 6.07) is 8.26. The molecule has 2 aromatic rings. The number of aromatic nitrogens is 2. The zero-order valence-corrected chi connectivity index (χ0v) is 12.1. The number of nitrogen functional groups attached to an aromatic ring is 1. The highest BCUT2D eigenvalue weighted by Crippen LogP contribution is 2.14. The van der Waals surface area contributed by atoms with Crippen molar-refractivity contribution < 1.29 is 4.79 Å². The van der Waals surface area contributed by atoms with E-state index in [9.17, 15) is 4.79 Å². The zero-order valence-electron chi connectivity index (χ0n) is 12.1. The van der Waals surface area contributed by atoms with E-state index >= 15 is 0 Å². The van der Waals surface area contributed by atoms with Gasteiger partial charge in [-0.2, -0.15) is 5.10 Å². The van der Waals surface area contributed by atoms with Crippen LogP contribution in [0.1, 0.15) is 27.3 Å². The van der Waals surface area contributed by atoms with Crippen LogP contribution >= 0.6 is 0 Å². The molecule has 1 heterocycles. The number of nitrogens with two attached hydrogens (primary N) is 1. The van der Waals surface area contributed by atoms with Gasteiger partial charge in [0, 0.05) is 13.6 Å².